The topological polar surface area (TPSA) is 148 Å². The highest BCUT2D eigenvalue weighted by Gasteiger charge is 2.22. The van der Waals surface area contributed by atoms with Gasteiger partial charge in [-0.3, -0.25) is 24.4 Å². The maximum atomic E-state index is 13.0. The summed E-state index contributed by atoms with van der Waals surface area (Å²) in [6.45, 7) is 11.8. The van der Waals surface area contributed by atoms with Crippen LogP contribution in [-0.4, -0.2) is 31.7 Å². The van der Waals surface area contributed by atoms with Gasteiger partial charge >= 0.3 is 11.6 Å². The summed E-state index contributed by atoms with van der Waals surface area (Å²) in [7, 11) is -3.92. The molecule has 2 amide bonds. The fourth-order valence-corrected chi connectivity index (χ4v) is 5.56. The summed E-state index contributed by atoms with van der Waals surface area (Å²) in [6.07, 6.45) is 9.68. The number of hydrogen-bond acceptors (Lipinski definition) is 6. The Bertz CT molecular complexity index is 1560. The quantitative estimate of drug-likeness (QED) is 0.0722. The van der Waals surface area contributed by atoms with Crippen LogP contribution in [0.2, 0.25) is 0 Å². The minimum Gasteiger partial charge on any atom is -0.346 e. The Balaban J connectivity index is 1.87. The smallest absolute Gasteiger partial charge is 0.329 e. The first kappa shape index (κ1) is 36.9. The molecule has 1 unspecified atom stereocenters. The van der Waals surface area contributed by atoms with Crippen molar-refractivity contribution in [1.82, 2.24) is 5.32 Å². The van der Waals surface area contributed by atoms with Gasteiger partial charge in [0.05, 0.1) is 15.5 Å². The molecule has 244 valence electrons. The Kier molecular flexibility index (Phi) is 14.7. The lowest BCUT2D eigenvalue weighted by Gasteiger charge is -2.13. The maximum absolute atomic E-state index is 13.0. The molecule has 0 bridgehead atoms. The molecule has 0 aliphatic carbocycles. The number of allylic oxidation sites excluding steroid dienone is 5. The van der Waals surface area contributed by atoms with E-state index in [1.54, 1.807) is 18.2 Å². The fraction of sp³-hybridized carbons (Fsp3) is 0.412. The van der Waals surface area contributed by atoms with Gasteiger partial charge in [-0.25, -0.2) is 8.42 Å². The third-order valence-electron chi connectivity index (χ3n) is 7.30. The van der Waals surface area contributed by atoms with E-state index in [2.05, 4.69) is 48.3 Å². The average Bonchev–Trinajstić information content (AvgIpc) is 2.95. The lowest BCUT2D eigenvalue weighted by Crippen LogP contribution is -2.31. The third kappa shape index (κ3) is 13.1. The Hall–Kier alpha value is -4.25. The van der Waals surface area contributed by atoms with Gasteiger partial charge in [0.2, 0.25) is 5.91 Å². The molecule has 0 aromatic heterocycles. The van der Waals surface area contributed by atoms with Gasteiger partial charge in [0.1, 0.15) is 0 Å². The zero-order valence-electron chi connectivity index (χ0n) is 27.1. The molecule has 11 heteroatoms. The number of carbonyl (C=O) groups is 2. The normalized spacial score (nSPS) is 12.7. The van der Waals surface area contributed by atoms with E-state index in [0.717, 1.165) is 36.8 Å². The van der Waals surface area contributed by atoms with Crippen molar-refractivity contribution in [2.24, 2.45) is 5.92 Å². The molecule has 0 saturated carbocycles. The predicted octanol–water partition coefficient (Wildman–Crippen LogP) is 7.21. The number of hydrogen-bond donors (Lipinski definition) is 3. The van der Waals surface area contributed by atoms with Gasteiger partial charge in [0, 0.05) is 18.7 Å². The number of aryl methyl sites for hydroxylation is 1. The van der Waals surface area contributed by atoms with E-state index in [9.17, 15) is 28.1 Å². The van der Waals surface area contributed by atoms with Gasteiger partial charge in [-0.2, -0.15) is 0 Å². The summed E-state index contributed by atoms with van der Waals surface area (Å²) >= 11 is 0. The van der Waals surface area contributed by atoms with Crippen LogP contribution in [0.1, 0.15) is 77.3 Å². The minimum atomic E-state index is -3.92. The zero-order chi connectivity index (χ0) is 33.6. The number of rotatable bonds is 17. The standard InChI is InChI=1S/C34H46N4O6S/c1-24(2)11-7-12-25(3)13-8-14-26(4)19-20-32(38(41)42)34(40)35-22-21-33(39)36-29-16-10-17-30(23-29)45(43,44)37-31-18-9-15-27(5)28(31)6/h9-11,13,15-18,20,23,26,37H,7-8,12,14,19,21-22H2,1-6H3,(H,35,40)(H,36,39)/b25-13+,32-20+. The summed E-state index contributed by atoms with van der Waals surface area (Å²) in [5.74, 6) is -1.20. The van der Waals surface area contributed by atoms with Crippen molar-refractivity contribution in [3.8, 4) is 0 Å². The van der Waals surface area contributed by atoms with Crippen molar-refractivity contribution < 1.29 is 22.9 Å². The van der Waals surface area contributed by atoms with E-state index in [0.29, 0.717) is 12.1 Å². The van der Waals surface area contributed by atoms with Crippen molar-refractivity contribution in [2.75, 3.05) is 16.6 Å². The lowest BCUT2D eigenvalue weighted by atomic mass is 9.99. The number of anilines is 2. The van der Waals surface area contributed by atoms with Gasteiger partial charge < -0.3 is 10.6 Å². The van der Waals surface area contributed by atoms with Crippen LogP contribution in [0, 0.1) is 29.9 Å². The van der Waals surface area contributed by atoms with Crippen LogP contribution in [0.4, 0.5) is 11.4 Å². The SMILES string of the molecule is CC(C)=CCC/C(C)=C/CCC(C)C/C=C(\C(=O)NCCC(=O)Nc1cccc(S(=O)(=O)Nc2cccc(C)c2C)c1)[N+](=O)[O-]. The molecular formula is C34H46N4O6S. The highest BCUT2D eigenvalue weighted by Crippen LogP contribution is 2.23. The van der Waals surface area contributed by atoms with Gasteiger partial charge in [0.25, 0.3) is 10.0 Å². The van der Waals surface area contributed by atoms with Gasteiger partial charge in [-0.15, -0.1) is 0 Å². The third-order valence-corrected chi connectivity index (χ3v) is 8.66. The summed E-state index contributed by atoms with van der Waals surface area (Å²) in [5, 5.41) is 16.6. The Morgan fingerprint density at radius 2 is 1.69 bits per heavy atom. The first-order valence-electron chi connectivity index (χ1n) is 15.1. The van der Waals surface area contributed by atoms with Crippen LogP contribution < -0.4 is 15.4 Å². The second-order valence-corrected chi connectivity index (χ2v) is 13.3. The molecule has 0 heterocycles. The van der Waals surface area contributed by atoms with Crippen LogP contribution in [0.3, 0.4) is 0 Å². The molecule has 45 heavy (non-hydrogen) atoms. The van der Waals surface area contributed by atoms with Crippen molar-refractivity contribution in [1.29, 1.82) is 0 Å². The number of nitro groups is 1. The number of nitrogens with zero attached hydrogens (tertiary/aromatic N) is 1. The molecule has 0 radical (unpaired) electrons. The molecule has 0 aliphatic heterocycles. The minimum absolute atomic E-state index is 0.0323. The van der Waals surface area contributed by atoms with E-state index in [-0.39, 0.29) is 29.5 Å². The van der Waals surface area contributed by atoms with Crippen LogP contribution in [0.15, 0.2) is 82.4 Å². The largest absolute Gasteiger partial charge is 0.346 e. The van der Waals surface area contributed by atoms with E-state index < -0.39 is 32.5 Å². The Morgan fingerprint density at radius 3 is 2.38 bits per heavy atom. The second-order valence-electron chi connectivity index (χ2n) is 11.6. The summed E-state index contributed by atoms with van der Waals surface area (Å²) < 4.78 is 28.5. The van der Waals surface area contributed by atoms with Crippen molar-refractivity contribution >= 4 is 33.2 Å². The highest BCUT2D eigenvalue weighted by atomic mass is 32.2. The van der Waals surface area contributed by atoms with Gasteiger partial charge in [-0.05, 0) is 114 Å². The maximum Gasteiger partial charge on any atom is 0.329 e. The zero-order valence-corrected chi connectivity index (χ0v) is 27.9. The fourth-order valence-electron chi connectivity index (χ4n) is 4.40. The predicted molar refractivity (Wildman–Crippen MR) is 180 cm³/mol. The molecule has 0 aliphatic rings. The second kappa shape index (κ2) is 17.9. The number of benzene rings is 2. The van der Waals surface area contributed by atoms with Crippen LogP contribution in [0.5, 0.6) is 0 Å². The van der Waals surface area contributed by atoms with Crippen LogP contribution >= 0.6 is 0 Å². The molecule has 10 nitrogen and oxygen atoms in total. The van der Waals surface area contributed by atoms with E-state index in [1.807, 2.05) is 26.8 Å². The molecule has 2 aromatic rings. The summed E-state index contributed by atoms with van der Waals surface area (Å²) in [6, 6.07) is 11.1. The van der Waals surface area contributed by atoms with Gasteiger partial charge in [0.15, 0.2) is 0 Å². The molecule has 2 rings (SSSR count). The van der Waals surface area contributed by atoms with E-state index in [1.165, 1.54) is 35.4 Å². The van der Waals surface area contributed by atoms with Gasteiger partial charge in [-0.1, -0.05) is 48.4 Å². The van der Waals surface area contributed by atoms with Crippen molar-refractivity contribution in [3.05, 3.63) is 98.8 Å². The van der Waals surface area contributed by atoms with Crippen LogP contribution in [-0.2, 0) is 19.6 Å². The molecule has 2 aromatic carbocycles. The number of sulfonamides is 1. The Labute approximate surface area is 267 Å². The number of carbonyl (C=O) groups excluding carboxylic acids is 2. The average molecular weight is 639 g/mol. The lowest BCUT2D eigenvalue weighted by molar-refractivity contribution is -0.419. The molecule has 0 spiro atoms. The Morgan fingerprint density at radius 1 is 0.978 bits per heavy atom. The summed E-state index contributed by atoms with van der Waals surface area (Å²) in [5.41, 5.74) is 4.53. The molecule has 3 N–H and O–H groups in total. The highest BCUT2D eigenvalue weighted by molar-refractivity contribution is 7.92. The first-order chi connectivity index (χ1) is 21.2. The van der Waals surface area contributed by atoms with Crippen molar-refractivity contribution in [2.45, 2.75) is 85.0 Å². The molecular weight excluding hydrogens is 592 g/mol. The van der Waals surface area contributed by atoms with E-state index >= 15 is 0 Å². The van der Waals surface area contributed by atoms with Crippen LogP contribution in [0.25, 0.3) is 0 Å². The molecule has 0 fully saturated rings. The van der Waals surface area contributed by atoms with Crippen molar-refractivity contribution in [3.63, 3.8) is 0 Å². The molecule has 0 saturated heterocycles. The summed E-state index contributed by atoms with van der Waals surface area (Å²) in [4.78, 5) is 35.8. The number of amides is 2. The number of nitrogens with one attached hydrogen (secondary N) is 3. The van der Waals surface area contributed by atoms with E-state index in [4.69, 9.17) is 0 Å². The monoisotopic (exact) mass is 638 g/mol. The first-order valence-corrected chi connectivity index (χ1v) is 16.6. The molecule has 1 atom stereocenters.